The predicted octanol–water partition coefficient (Wildman–Crippen LogP) is 2.43. The minimum atomic E-state index is -0.289. The maximum Gasteiger partial charge on any atom is 0.332 e. The van der Waals surface area contributed by atoms with E-state index in [-0.39, 0.29) is 5.69 Å². The molecule has 0 saturated heterocycles. The van der Waals surface area contributed by atoms with Crippen molar-refractivity contribution in [3.63, 3.8) is 0 Å². The average molecular weight is 358 g/mol. The minimum absolute atomic E-state index is 0.289. The van der Waals surface area contributed by atoms with Crippen molar-refractivity contribution in [3.05, 3.63) is 71.5 Å². The Morgan fingerprint density at radius 3 is 2.89 bits per heavy atom. The molecule has 1 aromatic carbocycles. The van der Waals surface area contributed by atoms with E-state index < -0.39 is 0 Å². The fourth-order valence-corrected chi connectivity index (χ4v) is 3.11. The summed E-state index contributed by atoms with van der Waals surface area (Å²) in [5, 5.41) is 0. The first-order valence-electron chi connectivity index (χ1n) is 8.29. The van der Waals surface area contributed by atoms with Gasteiger partial charge in [-0.1, -0.05) is 12.1 Å². The molecule has 0 saturated carbocycles. The van der Waals surface area contributed by atoms with Gasteiger partial charge >= 0.3 is 5.69 Å². The van der Waals surface area contributed by atoms with Crippen LogP contribution in [-0.4, -0.2) is 36.0 Å². The van der Waals surface area contributed by atoms with E-state index in [9.17, 15) is 4.79 Å². The first-order chi connectivity index (χ1) is 13.2. The Hall–Kier alpha value is -3.94. The van der Waals surface area contributed by atoms with Crippen LogP contribution in [0.1, 0.15) is 0 Å². The maximum atomic E-state index is 12.5. The molecule has 0 fully saturated rings. The van der Waals surface area contributed by atoms with Gasteiger partial charge in [0.05, 0.1) is 25.2 Å². The van der Waals surface area contributed by atoms with Crippen molar-refractivity contribution < 1.29 is 4.74 Å². The highest BCUT2D eigenvalue weighted by Gasteiger charge is 2.15. The largest absolute Gasteiger partial charge is 0.497 e. The number of H-pyrrole nitrogens is 1. The number of aromatic amines is 1. The van der Waals surface area contributed by atoms with Crippen molar-refractivity contribution >= 4 is 16.8 Å². The lowest BCUT2D eigenvalue weighted by atomic mass is 10.3. The Bertz CT molecular complexity index is 1350. The molecule has 4 heterocycles. The summed E-state index contributed by atoms with van der Waals surface area (Å²) in [7, 11) is 1.59. The van der Waals surface area contributed by atoms with Gasteiger partial charge in [-0.2, -0.15) is 0 Å². The number of nitrogens with one attached hydrogen (secondary N) is 1. The Kier molecular flexibility index (Phi) is 3.29. The van der Waals surface area contributed by atoms with Gasteiger partial charge in [0.1, 0.15) is 22.6 Å². The molecule has 8 heteroatoms. The molecule has 0 radical (unpaired) electrons. The molecular formula is C19H14N6O2. The van der Waals surface area contributed by atoms with Crippen LogP contribution in [0.25, 0.3) is 34.0 Å². The van der Waals surface area contributed by atoms with E-state index >= 15 is 0 Å². The van der Waals surface area contributed by atoms with E-state index in [2.05, 4.69) is 19.9 Å². The van der Waals surface area contributed by atoms with Crippen LogP contribution in [0.15, 0.2) is 65.8 Å². The van der Waals surface area contributed by atoms with E-state index in [0.717, 1.165) is 11.3 Å². The van der Waals surface area contributed by atoms with Crippen LogP contribution < -0.4 is 10.4 Å². The standard InChI is InChI=1S/C19H14N6O2/c1-27-13-6-4-5-12(9-13)25-18-14(22-19(25)26)10-21-17(23-18)15-11-20-16-7-2-3-8-24(15)16/h2-11H,1H3,(H,22,26). The Morgan fingerprint density at radius 2 is 2.00 bits per heavy atom. The van der Waals surface area contributed by atoms with Gasteiger partial charge in [0.15, 0.2) is 11.5 Å². The molecule has 0 aliphatic carbocycles. The van der Waals surface area contributed by atoms with Gasteiger partial charge in [0.2, 0.25) is 0 Å². The summed E-state index contributed by atoms with van der Waals surface area (Å²) in [6.45, 7) is 0. The molecule has 5 aromatic rings. The lowest BCUT2D eigenvalue weighted by Crippen LogP contribution is -2.15. The van der Waals surface area contributed by atoms with Crippen molar-refractivity contribution in [1.82, 2.24) is 28.9 Å². The number of hydrogen-bond donors (Lipinski definition) is 1. The van der Waals surface area contributed by atoms with Gasteiger partial charge in [0, 0.05) is 12.3 Å². The number of methoxy groups -OCH3 is 1. The third-order valence-electron chi connectivity index (χ3n) is 4.38. The zero-order valence-corrected chi connectivity index (χ0v) is 14.3. The fraction of sp³-hybridized carbons (Fsp3) is 0.0526. The number of fused-ring (bicyclic) bond motifs is 2. The number of imidazole rings is 2. The maximum absolute atomic E-state index is 12.5. The summed E-state index contributed by atoms with van der Waals surface area (Å²) < 4.78 is 8.68. The zero-order valence-electron chi connectivity index (χ0n) is 14.3. The number of pyridine rings is 1. The third-order valence-corrected chi connectivity index (χ3v) is 4.38. The molecule has 1 N–H and O–H groups in total. The van der Waals surface area contributed by atoms with Crippen molar-refractivity contribution in [3.8, 4) is 23.0 Å². The number of ether oxygens (including phenoxy) is 1. The smallest absolute Gasteiger partial charge is 0.332 e. The molecule has 0 bridgehead atoms. The van der Waals surface area contributed by atoms with Gasteiger partial charge in [-0.05, 0) is 24.3 Å². The first kappa shape index (κ1) is 15.3. The van der Waals surface area contributed by atoms with Gasteiger partial charge < -0.3 is 9.72 Å². The van der Waals surface area contributed by atoms with Crippen LogP contribution in [0.4, 0.5) is 0 Å². The molecule has 0 aliphatic heterocycles. The normalized spacial score (nSPS) is 11.3. The lowest BCUT2D eigenvalue weighted by molar-refractivity contribution is 0.414. The number of aromatic nitrogens is 6. The van der Waals surface area contributed by atoms with E-state index in [0.29, 0.717) is 28.4 Å². The van der Waals surface area contributed by atoms with Gasteiger partial charge in [0.25, 0.3) is 0 Å². The molecule has 8 nitrogen and oxygen atoms in total. The number of benzene rings is 1. The molecule has 0 spiro atoms. The number of rotatable bonds is 3. The Morgan fingerprint density at radius 1 is 1.07 bits per heavy atom. The molecular weight excluding hydrogens is 344 g/mol. The van der Waals surface area contributed by atoms with Crippen LogP contribution in [0.5, 0.6) is 5.75 Å². The zero-order chi connectivity index (χ0) is 18.4. The van der Waals surface area contributed by atoms with Crippen molar-refractivity contribution in [1.29, 1.82) is 0 Å². The molecule has 0 amide bonds. The number of hydrogen-bond acceptors (Lipinski definition) is 5. The van der Waals surface area contributed by atoms with Crippen LogP contribution >= 0.6 is 0 Å². The van der Waals surface area contributed by atoms with Crippen LogP contribution in [0, 0.1) is 0 Å². The van der Waals surface area contributed by atoms with E-state index in [4.69, 9.17) is 4.74 Å². The average Bonchev–Trinajstić information content (AvgIpc) is 3.27. The van der Waals surface area contributed by atoms with E-state index in [1.807, 2.05) is 47.0 Å². The van der Waals surface area contributed by atoms with Crippen molar-refractivity contribution in [2.45, 2.75) is 0 Å². The monoisotopic (exact) mass is 358 g/mol. The second-order valence-electron chi connectivity index (χ2n) is 5.97. The molecule has 0 unspecified atom stereocenters. The minimum Gasteiger partial charge on any atom is -0.497 e. The second kappa shape index (κ2) is 5.80. The SMILES string of the molecule is COc1cccc(-n2c(=O)[nH]c3cnc(-c4cnc5ccccn45)nc32)c1. The van der Waals surface area contributed by atoms with Crippen LogP contribution in [0.2, 0.25) is 0 Å². The summed E-state index contributed by atoms with van der Waals surface area (Å²) in [6.07, 6.45) is 5.23. The molecule has 27 heavy (non-hydrogen) atoms. The highest BCUT2D eigenvalue weighted by molar-refractivity contribution is 5.74. The predicted molar refractivity (Wildman–Crippen MR) is 100 cm³/mol. The van der Waals surface area contributed by atoms with E-state index in [1.54, 1.807) is 25.6 Å². The van der Waals surface area contributed by atoms with Crippen molar-refractivity contribution in [2.75, 3.05) is 7.11 Å². The number of nitrogens with zero attached hydrogens (tertiary/aromatic N) is 5. The van der Waals surface area contributed by atoms with Crippen LogP contribution in [0.3, 0.4) is 0 Å². The third kappa shape index (κ3) is 2.38. The molecule has 5 rings (SSSR count). The Labute approximate surface area is 152 Å². The van der Waals surface area contributed by atoms with Gasteiger partial charge in [-0.15, -0.1) is 0 Å². The second-order valence-corrected chi connectivity index (χ2v) is 5.97. The van der Waals surface area contributed by atoms with Crippen LogP contribution in [-0.2, 0) is 0 Å². The fourth-order valence-electron chi connectivity index (χ4n) is 3.11. The topological polar surface area (TPSA) is 90.1 Å². The molecule has 4 aromatic heterocycles. The van der Waals surface area contributed by atoms with Gasteiger partial charge in [-0.3, -0.25) is 4.40 Å². The lowest BCUT2D eigenvalue weighted by Gasteiger charge is -2.06. The first-order valence-corrected chi connectivity index (χ1v) is 8.29. The molecule has 0 atom stereocenters. The van der Waals surface area contributed by atoms with Crippen molar-refractivity contribution in [2.24, 2.45) is 0 Å². The summed E-state index contributed by atoms with van der Waals surface area (Å²) in [6, 6.07) is 13.0. The summed E-state index contributed by atoms with van der Waals surface area (Å²) in [5.41, 5.74) is 2.97. The molecule has 132 valence electrons. The summed E-state index contributed by atoms with van der Waals surface area (Å²) in [4.78, 5) is 28.7. The highest BCUT2D eigenvalue weighted by Crippen LogP contribution is 2.21. The van der Waals surface area contributed by atoms with Gasteiger partial charge in [-0.25, -0.2) is 24.3 Å². The Balaban J connectivity index is 1.75. The highest BCUT2D eigenvalue weighted by atomic mass is 16.5. The summed E-state index contributed by atoms with van der Waals surface area (Å²) >= 11 is 0. The quantitative estimate of drug-likeness (QED) is 0.535. The van der Waals surface area contributed by atoms with E-state index in [1.165, 1.54) is 4.57 Å². The summed E-state index contributed by atoms with van der Waals surface area (Å²) in [5.74, 6) is 1.14. The molecule has 0 aliphatic rings.